The van der Waals surface area contributed by atoms with Crippen LogP contribution >= 0.6 is 11.3 Å². The van der Waals surface area contributed by atoms with Crippen LogP contribution in [0, 0.1) is 25.2 Å². The molecule has 1 aromatic heterocycles. The van der Waals surface area contributed by atoms with Gasteiger partial charge in [0.1, 0.15) is 6.07 Å². The Morgan fingerprint density at radius 3 is 2.25 bits per heavy atom. The standard InChI is InChI=1S/C11H18N2OSSi/c1-8-10(15-9(2)13-8)11(3,7-12)14-16(4,5)6/h1-6H3/t11-/m1/s1. The number of thiazole rings is 1. The molecule has 1 rings (SSSR count). The Hall–Kier alpha value is -0.703. The summed E-state index contributed by atoms with van der Waals surface area (Å²) in [5.41, 5.74) is 0.0605. The zero-order chi connectivity index (χ0) is 12.6. The average molecular weight is 254 g/mol. The molecule has 1 heterocycles. The number of aryl methyl sites for hydroxylation is 2. The van der Waals surface area contributed by atoms with E-state index in [1.54, 1.807) is 11.3 Å². The largest absolute Gasteiger partial charge is 0.396 e. The van der Waals surface area contributed by atoms with Crippen molar-refractivity contribution >= 4 is 19.7 Å². The molecule has 0 aliphatic heterocycles. The molecule has 3 nitrogen and oxygen atoms in total. The molecule has 88 valence electrons. The van der Waals surface area contributed by atoms with Crippen LogP contribution in [0.1, 0.15) is 22.5 Å². The summed E-state index contributed by atoms with van der Waals surface area (Å²) in [6, 6.07) is 2.29. The first kappa shape index (κ1) is 13.4. The Balaban J connectivity index is 3.16. The minimum atomic E-state index is -1.75. The fourth-order valence-corrected chi connectivity index (χ4v) is 4.11. The number of nitriles is 1. The molecule has 1 atom stereocenters. The molecule has 0 aliphatic carbocycles. The second-order valence-corrected chi connectivity index (χ2v) is 10.6. The molecular formula is C11H18N2OSSi. The van der Waals surface area contributed by atoms with Gasteiger partial charge < -0.3 is 4.43 Å². The lowest BCUT2D eigenvalue weighted by Gasteiger charge is -2.29. The van der Waals surface area contributed by atoms with Gasteiger partial charge in [-0.25, -0.2) is 4.98 Å². The number of aromatic nitrogens is 1. The maximum absolute atomic E-state index is 9.36. The van der Waals surface area contributed by atoms with Crippen LogP contribution in [0.4, 0.5) is 0 Å². The first-order valence-electron chi connectivity index (χ1n) is 5.24. The van der Waals surface area contributed by atoms with Gasteiger partial charge in [-0.2, -0.15) is 5.26 Å². The quantitative estimate of drug-likeness (QED) is 0.777. The summed E-state index contributed by atoms with van der Waals surface area (Å²) in [6.45, 7) is 12.0. The van der Waals surface area contributed by atoms with E-state index in [0.29, 0.717) is 0 Å². The van der Waals surface area contributed by atoms with E-state index in [4.69, 9.17) is 4.43 Å². The minimum absolute atomic E-state index is 0.847. The molecular weight excluding hydrogens is 236 g/mol. The van der Waals surface area contributed by atoms with Crippen LogP contribution < -0.4 is 0 Å². The molecule has 0 radical (unpaired) electrons. The fourth-order valence-electron chi connectivity index (χ4n) is 1.71. The van der Waals surface area contributed by atoms with Gasteiger partial charge in [-0.15, -0.1) is 11.3 Å². The number of hydrogen-bond acceptors (Lipinski definition) is 4. The second-order valence-electron chi connectivity index (χ2n) is 5.01. The predicted molar refractivity (Wildman–Crippen MR) is 69.0 cm³/mol. The maximum Gasteiger partial charge on any atom is 0.186 e. The van der Waals surface area contributed by atoms with Gasteiger partial charge in [0.2, 0.25) is 0 Å². The average Bonchev–Trinajstić information content (AvgIpc) is 2.43. The molecule has 0 N–H and O–H groups in total. The number of hydrogen-bond donors (Lipinski definition) is 0. The van der Waals surface area contributed by atoms with Gasteiger partial charge in [-0.05, 0) is 40.4 Å². The van der Waals surface area contributed by atoms with E-state index in [2.05, 4.69) is 30.7 Å². The molecule has 0 saturated carbocycles. The van der Waals surface area contributed by atoms with Crippen molar-refractivity contribution in [2.75, 3.05) is 0 Å². The van der Waals surface area contributed by atoms with Crippen molar-refractivity contribution in [3.8, 4) is 6.07 Å². The summed E-state index contributed by atoms with van der Waals surface area (Å²) >= 11 is 1.55. The third kappa shape index (κ3) is 2.91. The lowest BCUT2D eigenvalue weighted by atomic mass is 10.1. The summed E-state index contributed by atoms with van der Waals surface area (Å²) in [4.78, 5) is 5.30. The Morgan fingerprint density at radius 2 is 1.94 bits per heavy atom. The molecule has 0 bridgehead atoms. The van der Waals surface area contributed by atoms with Gasteiger partial charge in [0.05, 0.1) is 15.6 Å². The SMILES string of the molecule is Cc1nc(C)c([C@@](C)(C#N)O[Si](C)(C)C)s1. The number of nitrogens with zero attached hydrogens (tertiary/aromatic N) is 2. The monoisotopic (exact) mass is 254 g/mol. The summed E-state index contributed by atoms with van der Waals surface area (Å²) < 4.78 is 6.00. The van der Waals surface area contributed by atoms with Crippen LogP contribution in [0.25, 0.3) is 0 Å². The zero-order valence-corrected chi connectivity index (χ0v) is 12.5. The Morgan fingerprint density at radius 1 is 1.38 bits per heavy atom. The van der Waals surface area contributed by atoms with Crippen LogP contribution in [-0.2, 0) is 10.0 Å². The van der Waals surface area contributed by atoms with Crippen molar-refractivity contribution in [3.05, 3.63) is 15.6 Å². The molecule has 0 unspecified atom stereocenters. The number of rotatable bonds is 3. The van der Waals surface area contributed by atoms with Gasteiger partial charge in [0.25, 0.3) is 0 Å². The fraction of sp³-hybridized carbons (Fsp3) is 0.636. The summed E-state index contributed by atoms with van der Waals surface area (Å²) in [7, 11) is -1.75. The van der Waals surface area contributed by atoms with Gasteiger partial charge in [0.15, 0.2) is 13.9 Å². The first-order chi connectivity index (χ1) is 7.18. The van der Waals surface area contributed by atoms with Crippen molar-refractivity contribution in [1.29, 1.82) is 5.26 Å². The molecule has 1 aromatic rings. The Labute approximate surface area is 102 Å². The van der Waals surface area contributed by atoms with Gasteiger partial charge in [-0.3, -0.25) is 0 Å². The lowest BCUT2D eigenvalue weighted by molar-refractivity contribution is 0.144. The summed E-state index contributed by atoms with van der Waals surface area (Å²) in [5.74, 6) is 0. The predicted octanol–water partition coefficient (Wildman–Crippen LogP) is 3.35. The molecule has 5 heteroatoms. The van der Waals surface area contributed by atoms with Crippen molar-refractivity contribution in [2.24, 2.45) is 0 Å². The highest BCUT2D eigenvalue weighted by Crippen LogP contribution is 2.34. The third-order valence-corrected chi connectivity index (χ3v) is 4.36. The van der Waals surface area contributed by atoms with E-state index >= 15 is 0 Å². The van der Waals surface area contributed by atoms with E-state index in [1.165, 1.54) is 0 Å². The molecule has 0 amide bonds. The molecule has 0 fully saturated rings. The summed E-state index contributed by atoms with van der Waals surface area (Å²) in [6.07, 6.45) is 0. The molecule has 0 aliphatic rings. The Kier molecular flexibility index (Phi) is 3.58. The molecule has 0 spiro atoms. The molecule has 0 saturated heterocycles. The van der Waals surface area contributed by atoms with Crippen LogP contribution in [0.15, 0.2) is 0 Å². The van der Waals surface area contributed by atoms with Crippen molar-refractivity contribution in [1.82, 2.24) is 4.98 Å². The zero-order valence-electron chi connectivity index (χ0n) is 10.7. The van der Waals surface area contributed by atoms with E-state index in [1.807, 2.05) is 20.8 Å². The van der Waals surface area contributed by atoms with Crippen LogP contribution in [0.5, 0.6) is 0 Å². The molecule has 16 heavy (non-hydrogen) atoms. The second kappa shape index (κ2) is 4.28. The highest BCUT2D eigenvalue weighted by Gasteiger charge is 2.36. The highest BCUT2D eigenvalue weighted by atomic mass is 32.1. The van der Waals surface area contributed by atoms with Gasteiger partial charge >= 0.3 is 0 Å². The van der Waals surface area contributed by atoms with Crippen LogP contribution in [-0.4, -0.2) is 13.3 Å². The van der Waals surface area contributed by atoms with E-state index in [-0.39, 0.29) is 0 Å². The minimum Gasteiger partial charge on any atom is -0.396 e. The highest BCUT2D eigenvalue weighted by molar-refractivity contribution is 7.11. The summed E-state index contributed by atoms with van der Waals surface area (Å²) in [5, 5.41) is 10.3. The van der Waals surface area contributed by atoms with Crippen molar-refractivity contribution < 1.29 is 4.43 Å². The maximum atomic E-state index is 9.36. The first-order valence-corrected chi connectivity index (χ1v) is 9.46. The Bertz CT molecular complexity index is 430. The lowest BCUT2D eigenvalue weighted by Crippen LogP contribution is -2.37. The smallest absolute Gasteiger partial charge is 0.186 e. The van der Waals surface area contributed by atoms with Gasteiger partial charge in [-0.1, -0.05) is 0 Å². The molecule has 0 aromatic carbocycles. The van der Waals surface area contributed by atoms with E-state index in [0.717, 1.165) is 15.6 Å². The third-order valence-electron chi connectivity index (χ3n) is 2.06. The topological polar surface area (TPSA) is 45.9 Å². The van der Waals surface area contributed by atoms with Gasteiger partial charge in [0, 0.05) is 0 Å². The van der Waals surface area contributed by atoms with Crippen LogP contribution in [0.3, 0.4) is 0 Å². The van der Waals surface area contributed by atoms with E-state index in [9.17, 15) is 5.26 Å². The van der Waals surface area contributed by atoms with Crippen molar-refractivity contribution in [3.63, 3.8) is 0 Å². The van der Waals surface area contributed by atoms with Crippen LogP contribution in [0.2, 0.25) is 19.6 Å². The van der Waals surface area contributed by atoms with Crippen molar-refractivity contribution in [2.45, 2.75) is 46.0 Å². The van der Waals surface area contributed by atoms with E-state index < -0.39 is 13.9 Å². The normalized spacial score (nSPS) is 15.6.